The summed E-state index contributed by atoms with van der Waals surface area (Å²) in [6, 6.07) is -3.24. The molecule has 22 heteroatoms. The maximum atomic E-state index is 15.1. The minimum absolute atomic E-state index is 0.0106. The van der Waals surface area contributed by atoms with Crippen LogP contribution in [-0.4, -0.2) is 150 Å². The van der Waals surface area contributed by atoms with E-state index in [0.717, 1.165) is 4.90 Å². The average molecular weight is 1010 g/mol. The van der Waals surface area contributed by atoms with E-state index in [9.17, 15) is 55.5 Å². The molecular formula is C46H63Cl2F6N7O7. The van der Waals surface area contributed by atoms with Gasteiger partial charge in [0.25, 0.3) is 0 Å². The normalized spacial score (nSPS) is 27.1. The molecule has 0 aromatic heterocycles. The summed E-state index contributed by atoms with van der Waals surface area (Å²) >= 11 is 12.8. The molecule has 5 rings (SSSR count). The molecule has 1 aromatic rings. The zero-order valence-electron chi connectivity index (χ0n) is 39.2. The molecule has 4 aliphatic rings. The molecule has 3 N–H and O–H groups in total. The van der Waals surface area contributed by atoms with Crippen molar-refractivity contribution in [2.24, 2.45) is 17.3 Å². The van der Waals surface area contributed by atoms with Gasteiger partial charge in [0.15, 0.2) is 0 Å². The third-order valence-corrected chi connectivity index (χ3v) is 14.5. The molecule has 2 aliphatic carbocycles. The number of benzene rings is 1. The summed E-state index contributed by atoms with van der Waals surface area (Å²) in [6.45, 7) is 4.67. The number of nitrogens with zero attached hydrogens (tertiary/aromatic N) is 4. The van der Waals surface area contributed by atoms with Crippen LogP contribution in [0.2, 0.25) is 10.0 Å². The molecular weight excluding hydrogens is 947 g/mol. The number of likely N-dealkylation sites (tertiary alicyclic amines) is 1. The van der Waals surface area contributed by atoms with E-state index < -0.39 is 146 Å². The molecule has 2 heterocycles. The third-order valence-electron chi connectivity index (χ3n) is 13.9. The van der Waals surface area contributed by atoms with Crippen LogP contribution in [0.15, 0.2) is 18.2 Å². The molecule has 380 valence electrons. The topological polar surface area (TPSA) is 169 Å². The van der Waals surface area contributed by atoms with Crippen LogP contribution in [0.3, 0.4) is 0 Å². The van der Waals surface area contributed by atoms with Crippen molar-refractivity contribution in [1.82, 2.24) is 35.6 Å². The summed E-state index contributed by atoms with van der Waals surface area (Å²) in [5.74, 6) is -10.2. The van der Waals surface area contributed by atoms with E-state index in [1.807, 2.05) is 13.8 Å². The van der Waals surface area contributed by atoms with Gasteiger partial charge in [-0.05, 0) is 93.4 Å². The van der Waals surface area contributed by atoms with Crippen molar-refractivity contribution < 1.29 is 59.9 Å². The maximum Gasteiger partial charge on any atom is 0.403 e. The summed E-state index contributed by atoms with van der Waals surface area (Å²) in [7, 11) is 4.27. The van der Waals surface area contributed by atoms with E-state index in [4.69, 9.17) is 23.2 Å². The van der Waals surface area contributed by atoms with E-state index >= 15 is 4.39 Å². The minimum atomic E-state index is -5.28. The smallest absolute Gasteiger partial charge is 0.344 e. The molecule has 0 radical (unpaired) electrons. The average Bonchev–Trinajstić information content (AvgIpc) is 4.04. The van der Waals surface area contributed by atoms with Crippen molar-refractivity contribution in [3.8, 4) is 0 Å². The minimum Gasteiger partial charge on any atom is -0.344 e. The van der Waals surface area contributed by atoms with Crippen molar-refractivity contribution in [3.63, 3.8) is 0 Å². The van der Waals surface area contributed by atoms with E-state index in [0.29, 0.717) is 34.7 Å². The molecule has 0 unspecified atom stereocenters. The van der Waals surface area contributed by atoms with Gasteiger partial charge in [-0.15, -0.1) is 0 Å². The van der Waals surface area contributed by atoms with Gasteiger partial charge in [0.05, 0.1) is 6.54 Å². The monoisotopic (exact) mass is 1010 g/mol. The standard InChI is InChI=1S/C46H63Cl2F6N7O7/c1-7-31-40(65)58(4)19-9-8-10-33(37(62)56-32(20-25(2)3)41(66)60(6)34(38(63)55-31)22-27-21-28(47)13-14-30(27)48)59(5)42(67)36(26-11-12-26)57-39(64)35-23-29(49)24-61(35)43(68)44(46(52,53)54)15-17-45(50,51)18-16-44/h13-14,21,25-26,29,31-36H,7-12,15-20,22-24H2,1-6H3,(H,55,63)(H,56,62)(H,57,64)/t29-,31-,32+,33+,34+,35+,36+/m1/s1. The lowest BCUT2D eigenvalue weighted by Crippen LogP contribution is -2.61. The lowest BCUT2D eigenvalue weighted by molar-refractivity contribution is -0.247. The highest BCUT2D eigenvalue weighted by Crippen LogP contribution is 2.54. The van der Waals surface area contributed by atoms with Gasteiger partial charge < -0.3 is 35.6 Å². The second kappa shape index (κ2) is 22.2. The lowest BCUT2D eigenvalue weighted by atomic mass is 9.71. The molecule has 0 spiro atoms. The fourth-order valence-corrected chi connectivity index (χ4v) is 9.86. The third kappa shape index (κ3) is 12.7. The largest absolute Gasteiger partial charge is 0.403 e. The van der Waals surface area contributed by atoms with E-state index in [2.05, 4.69) is 16.0 Å². The first-order chi connectivity index (χ1) is 31.7. The highest BCUT2D eigenvalue weighted by Gasteiger charge is 2.65. The number of amides is 7. The van der Waals surface area contributed by atoms with Crippen molar-refractivity contribution in [2.45, 2.75) is 159 Å². The first-order valence-electron chi connectivity index (χ1n) is 23.2. The Morgan fingerprint density at radius 3 is 2.15 bits per heavy atom. The molecule has 4 fully saturated rings. The number of likely N-dealkylation sites (N-methyl/N-ethyl adjacent to an activating group) is 3. The van der Waals surface area contributed by atoms with Gasteiger partial charge >= 0.3 is 6.18 Å². The van der Waals surface area contributed by atoms with Crippen LogP contribution in [-0.2, 0) is 40.0 Å². The Bertz CT molecular complexity index is 2050. The van der Waals surface area contributed by atoms with Crippen molar-refractivity contribution in [3.05, 3.63) is 33.8 Å². The summed E-state index contributed by atoms with van der Waals surface area (Å²) in [6.07, 6.45) is -11.2. The summed E-state index contributed by atoms with van der Waals surface area (Å²) in [5, 5.41) is 8.76. The molecule has 1 aromatic carbocycles. The first-order valence-corrected chi connectivity index (χ1v) is 24.0. The predicted octanol–water partition coefficient (Wildman–Crippen LogP) is 5.85. The second-order valence-electron chi connectivity index (χ2n) is 19.4. The Kier molecular flexibility index (Phi) is 17.8. The number of carbonyl (C=O) groups is 7. The molecule has 68 heavy (non-hydrogen) atoms. The number of rotatable bonds is 11. The molecule has 7 amide bonds. The van der Waals surface area contributed by atoms with Gasteiger partial charge in [-0.3, -0.25) is 33.6 Å². The summed E-state index contributed by atoms with van der Waals surface area (Å²) < 4.78 is 87.1. The SMILES string of the molecule is CC[C@H]1NC(=O)[C@H](Cc2cc(Cl)ccc2Cl)N(C)C(=O)[C@H](CC(C)C)NC(=O)[C@@H](N(C)C(=O)[C@@H](NC(=O)[C@@H]2C[C@@H](F)CN2C(=O)C2(C(F)(F)F)CCC(F)(F)CC2)C2CC2)CCCCN(C)C1=O. The fraction of sp³-hybridized carbons (Fsp3) is 0.717. The van der Waals surface area contributed by atoms with Crippen LogP contribution in [0.25, 0.3) is 0 Å². The molecule has 2 saturated heterocycles. The van der Waals surface area contributed by atoms with Crippen LogP contribution in [0.5, 0.6) is 0 Å². The number of nitrogens with one attached hydrogen (secondary N) is 3. The Balaban J connectivity index is 1.43. The molecule has 2 aliphatic heterocycles. The number of carbonyl (C=O) groups excluding carboxylic acids is 7. The van der Waals surface area contributed by atoms with Gasteiger partial charge in [-0.1, -0.05) is 44.0 Å². The summed E-state index contributed by atoms with van der Waals surface area (Å²) in [4.78, 5) is 103. The van der Waals surface area contributed by atoms with E-state index in [1.165, 1.54) is 23.9 Å². The second-order valence-corrected chi connectivity index (χ2v) is 20.2. The molecule has 7 atom stereocenters. The van der Waals surface area contributed by atoms with Gasteiger partial charge in [0.2, 0.25) is 47.3 Å². The zero-order valence-corrected chi connectivity index (χ0v) is 40.7. The number of alkyl halides is 6. The summed E-state index contributed by atoms with van der Waals surface area (Å²) in [5.41, 5.74) is -2.83. The Hall–Kier alpha value is -4.33. The van der Waals surface area contributed by atoms with Crippen LogP contribution in [0, 0.1) is 17.3 Å². The van der Waals surface area contributed by atoms with Crippen LogP contribution >= 0.6 is 23.2 Å². The van der Waals surface area contributed by atoms with Gasteiger partial charge in [-0.2, -0.15) is 13.2 Å². The number of halogens is 8. The van der Waals surface area contributed by atoms with E-state index in [1.54, 1.807) is 32.2 Å². The fourth-order valence-electron chi connectivity index (χ4n) is 9.47. The maximum absolute atomic E-state index is 15.1. The quantitative estimate of drug-likeness (QED) is 0.234. The molecule has 14 nitrogen and oxygen atoms in total. The Morgan fingerprint density at radius 1 is 0.926 bits per heavy atom. The van der Waals surface area contributed by atoms with Crippen molar-refractivity contribution in [1.29, 1.82) is 0 Å². The molecule has 0 bridgehead atoms. The van der Waals surface area contributed by atoms with Crippen molar-refractivity contribution in [2.75, 3.05) is 34.2 Å². The van der Waals surface area contributed by atoms with Gasteiger partial charge in [0, 0.05) is 63.4 Å². The Morgan fingerprint density at radius 2 is 1.56 bits per heavy atom. The highest BCUT2D eigenvalue weighted by atomic mass is 35.5. The zero-order chi connectivity index (χ0) is 50.6. The van der Waals surface area contributed by atoms with Crippen molar-refractivity contribution >= 4 is 64.6 Å². The number of hydrogen-bond acceptors (Lipinski definition) is 7. The lowest BCUT2D eigenvalue weighted by Gasteiger charge is -2.43. The van der Waals surface area contributed by atoms with E-state index in [-0.39, 0.29) is 49.6 Å². The highest BCUT2D eigenvalue weighted by molar-refractivity contribution is 6.33. The number of hydrogen-bond donors (Lipinski definition) is 3. The van der Waals surface area contributed by atoms with Gasteiger partial charge in [0.1, 0.15) is 47.8 Å². The molecule has 2 saturated carbocycles. The van der Waals surface area contributed by atoms with Crippen LogP contribution < -0.4 is 16.0 Å². The van der Waals surface area contributed by atoms with Crippen LogP contribution in [0.4, 0.5) is 26.3 Å². The van der Waals surface area contributed by atoms with Crippen LogP contribution in [0.1, 0.15) is 103 Å². The van der Waals surface area contributed by atoms with Gasteiger partial charge in [-0.25, -0.2) is 13.2 Å². The predicted molar refractivity (Wildman–Crippen MR) is 240 cm³/mol. The Labute approximate surface area is 402 Å². The first kappa shape index (κ1) is 54.6.